The molecule has 0 aliphatic heterocycles. The van der Waals surface area contributed by atoms with Gasteiger partial charge in [0, 0.05) is 5.92 Å². The van der Waals surface area contributed by atoms with Crippen molar-refractivity contribution in [2.24, 2.45) is 0 Å². The molecule has 0 radical (unpaired) electrons. The molecule has 0 unspecified atom stereocenters. The van der Waals surface area contributed by atoms with Crippen LogP contribution >= 0.6 is 0 Å². The van der Waals surface area contributed by atoms with E-state index in [-0.39, 0.29) is 11.5 Å². The van der Waals surface area contributed by atoms with Crippen LogP contribution in [0.3, 0.4) is 0 Å². The molecule has 13 heavy (non-hydrogen) atoms. The predicted molar refractivity (Wildman–Crippen MR) is 46.9 cm³/mol. The first-order valence-electron chi connectivity index (χ1n) is 4.29. The van der Waals surface area contributed by atoms with E-state index in [1.165, 1.54) is 0 Å². The summed E-state index contributed by atoms with van der Waals surface area (Å²) >= 11 is 0. The van der Waals surface area contributed by atoms with Crippen LogP contribution in [-0.2, 0) is 6.42 Å². The topological polar surface area (TPSA) is 63.3 Å². The maximum absolute atomic E-state index is 10.9. The van der Waals surface area contributed by atoms with Gasteiger partial charge in [0.1, 0.15) is 5.56 Å². The second-order valence-corrected chi connectivity index (χ2v) is 3.18. The molecular weight excluding hydrogens is 170 g/mol. The third kappa shape index (κ3) is 1.71. The van der Waals surface area contributed by atoms with Gasteiger partial charge in [0.25, 0.3) is 0 Å². The van der Waals surface area contributed by atoms with Crippen molar-refractivity contribution in [3.8, 4) is 0 Å². The molecule has 0 spiro atoms. The van der Waals surface area contributed by atoms with E-state index < -0.39 is 5.97 Å². The van der Waals surface area contributed by atoms with Gasteiger partial charge in [-0.1, -0.05) is 25.9 Å². The van der Waals surface area contributed by atoms with Crippen molar-refractivity contribution in [3.05, 3.63) is 17.0 Å². The molecule has 4 nitrogen and oxygen atoms in total. The Kier molecular flexibility index (Phi) is 2.70. The van der Waals surface area contributed by atoms with Crippen molar-refractivity contribution < 1.29 is 14.4 Å². The van der Waals surface area contributed by atoms with Crippen LogP contribution in [0.5, 0.6) is 0 Å². The molecule has 0 bridgehead atoms. The van der Waals surface area contributed by atoms with Crippen LogP contribution in [0.1, 0.15) is 48.5 Å². The third-order valence-corrected chi connectivity index (χ3v) is 1.86. The van der Waals surface area contributed by atoms with Crippen molar-refractivity contribution in [1.82, 2.24) is 5.16 Å². The largest absolute Gasteiger partial charge is 0.477 e. The fourth-order valence-electron chi connectivity index (χ4n) is 1.20. The highest BCUT2D eigenvalue weighted by Crippen LogP contribution is 2.22. The van der Waals surface area contributed by atoms with E-state index in [4.69, 9.17) is 9.63 Å². The first kappa shape index (κ1) is 9.77. The van der Waals surface area contributed by atoms with Crippen molar-refractivity contribution in [3.63, 3.8) is 0 Å². The summed E-state index contributed by atoms with van der Waals surface area (Å²) in [7, 11) is 0. The molecule has 1 aromatic rings. The van der Waals surface area contributed by atoms with Crippen LogP contribution in [0.15, 0.2) is 4.52 Å². The number of carbonyl (C=O) groups is 1. The van der Waals surface area contributed by atoms with Gasteiger partial charge in [-0.15, -0.1) is 0 Å². The Labute approximate surface area is 76.5 Å². The highest BCUT2D eigenvalue weighted by molar-refractivity contribution is 5.90. The van der Waals surface area contributed by atoms with Crippen LogP contribution < -0.4 is 0 Å². The minimum atomic E-state index is -0.957. The smallest absolute Gasteiger partial charge is 0.341 e. The molecule has 1 aromatic heterocycles. The lowest BCUT2D eigenvalue weighted by Gasteiger charge is -1.99. The molecule has 0 aliphatic rings. The van der Waals surface area contributed by atoms with Gasteiger partial charge < -0.3 is 9.63 Å². The summed E-state index contributed by atoms with van der Waals surface area (Å²) in [6.45, 7) is 5.62. The van der Waals surface area contributed by atoms with Crippen LogP contribution in [0.25, 0.3) is 0 Å². The van der Waals surface area contributed by atoms with Crippen molar-refractivity contribution in [2.45, 2.75) is 33.1 Å². The summed E-state index contributed by atoms with van der Waals surface area (Å²) in [6, 6.07) is 0. The first-order valence-corrected chi connectivity index (χ1v) is 4.29. The molecule has 0 saturated carbocycles. The second-order valence-electron chi connectivity index (χ2n) is 3.18. The summed E-state index contributed by atoms with van der Waals surface area (Å²) in [5.41, 5.74) is 0.758. The zero-order valence-corrected chi connectivity index (χ0v) is 8.00. The number of hydrogen-bond acceptors (Lipinski definition) is 3. The molecule has 0 aromatic carbocycles. The normalized spacial score (nSPS) is 10.8. The highest BCUT2D eigenvalue weighted by Gasteiger charge is 2.22. The quantitative estimate of drug-likeness (QED) is 0.779. The summed E-state index contributed by atoms with van der Waals surface area (Å²) in [5.74, 6) is -0.440. The minimum Gasteiger partial charge on any atom is -0.477 e. The highest BCUT2D eigenvalue weighted by atomic mass is 16.5. The Hall–Kier alpha value is -1.32. The molecule has 72 valence electrons. The summed E-state index contributed by atoms with van der Waals surface area (Å²) < 4.78 is 4.98. The second kappa shape index (κ2) is 3.60. The SMILES string of the molecule is CCc1noc(C(C)C)c1C(=O)O. The molecule has 0 fully saturated rings. The Morgan fingerprint density at radius 1 is 1.62 bits per heavy atom. The first-order chi connectivity index (χ1) is 6.07. The van der Waals surface area contributed by atoms with E-state index in [2.05, 4.69) is 5.16 Å². The maximum atomic E-state index is 10.9. The van der Waals surface area contributed by atoms with Crippen LogP contribution in [0, 0.1) is 0 Å². The van der Waals surface area contributed by atoms with Gasteiger partial charge in [-0.25, -0.2) is 4.79 Å². The van der Waals surface area contributed by atoms with Crippen LogP contribution in [0.2, 0.25) is 0 Å². The molecule has 0 atom stereocenters. The van der Waals surface area contributed by atoms with Crippen molar-refractivity contribution in [1.29, 1.82) is 0 Å². The fourth-order valence-corrected chi connectivity index (χ4v) is 1.20. The van der Waals surface area contributed by atoms with E-state index in [1.807, 2.05) is 20.8 Å². The lowest BCUT2D eigenvalue weighted by Crippen LogP contribution is -2.03. The maximum Gasteiger partial charge on any atom is 0.341 e. The lowest BCUT2D eigenvalue weighted by atomic mass is 10.0. The number of nitrogens with zero attached hydrogens (tertiary/aromatic N) is 1. The van der Waals surface area contributed by atoms with Gasteiger partial charge in [0.15, 0.2) is 5.76 Å². The number of carboxylic acid groups (broad SMARTS) is 1. The van der Waals surface area contributed by atoms with E-state index in [1.54, 1.807) is 0 Å². The number of carboxylic acids is 1. The Morgan fingerprint density at radius 2 is 2.23 bits per heavy atom. The molecule has 1 rings (SSSR count). The van der Waals surface area contributed by atoms with Crippen LogP contribution in [0.4, 0.5) is 0 Å². The zero-order chi connectivity index (χ0) is 10.0. The van der Waals surface area contributed by atoms with Crippen LogP contribution in [-0.4, -0.2) is 16.2 Å². The molecule has 0 saturated heterocycles. The number of rotatable bonds is 3. The molecule has 0 amide bonds. The summed E-state index contributed by atoms with van der Waals surface area (Å²) in [5, 5.41) is 12.6. The predicted octanol–water partition coefficient (Wildman–Crippen LogP) is 2.06. The summed E-state index contributed by atoms with van der Waals surface area (Å²) in [4.78, 5) is 10.9. The van der Waals surface area contributed by atoms with Crippen molar-refractivity contribution >= 4 is 5.97 Å². The van der Waals surface area contributed by atoms with Gasteiger partial charge in [0.05, 0.1) is 5.69 Å². The molecule has 4 heteroatoms. The zero-order valence-electron chi connectivity index (χ0n) is 8.00. The average Bonchev–Trinajstić information content (AvgIpc) is 2.46. The number of aromatic nitrogens is 1. The minimum absolute atomic E-state index is 0.0545. The number of aromatic carboxylic acids is 1. The molecular formula is C9H13NO3. The average molecular weight is 183 g/mol. The fraction of sp³-hybridized carbons (Fsp3) is 0.556. The van der Waals surface area contributed by atoms with E-state index >= 15 is 0 Å². The van der Waals surface area contributed by atoms with Gasteiger partial charge >= 0.3 is 5.97 Å². The Bertz CT molecular complexity index is 315. The van der Waals surface area contributed by atoms with Crippen molar-refractivity contribution in [2.75, 3.05) is 0 Å². The molecule has 1 N–H and O–H groups in total. The van der Waals surface area contributed by atoms with E-state index in [0.29, 0.717) is 17.9 Å². The number of aryl methyl sites for hydroxylation is 1. The standard InChI is InChI=1S/C9H13NO3/c1-4-6-7(9(11)12)8(5(2)3)13-10-6/h5H,4H2,1-3H3,(H,11,12). The lowest BCUT2D eigenvalue weighted by molar-refractivity contribution is 0.0693. The van der Waals surface area contributed by atoms with Gasteiger partial charge in [-0.2, -0.15) is 0 Å². The molecule has 0 aliphatic carbocycles. The summed E-state index contributed by atoms with van der Waals surface area (Å²) in [6.07, 6.45) is 0.581. The van der Waals surface area contributed by atoms with Gasteiger partial charge in [-0.05, 0) is 6.42 Å². The molecule has 1 heterocycles. The van der Waals surface area contributed by atoms with E-state index in [0.717, 1.165) is 0 Å². The Morgan fingerprint density at radius 3 is 2.62 bits per heavy atom. The van der Waals surface area contributed by atoms with Gasteiger partial charge in [0.2, 0.25) is 0 Å². The monoisotopic (exact) mass is 183 g/mol. The number of hydrogen-bond donors (Lipinski definition) is 1. The third-order valence-electron chi connectivity index (χ3n) is 1.86. The van der Waals surface area contributed by atoms with E-state index in [9.17, 15) is 4.79 Å². The Balaban J connectivity index is 3.22. The van der Waals surface area contributed by atoms with Gasteiger partial charge in [-0.3, -0.25) is 0 Å².